The molecule has 0 bridgehead atoms. The highest BCUT2D eigenvalue weighted by atomic mass is 15.2. The van der Waals surface area contributed by atoms with Crippen LogP contribution in [0.1, 0.15) is 11.1 Å². The Morgan fingerprint density at radius 2 is 2.05 bits per heavy atom. The minimum atomic E-state index is 0.804. The van der Waals surface area contributed by atoms with E-state index >= 15 is 0 Å². The van der Waals surface area contributed by atoms with E-state index in [2.05, 4.69) is 48.2 Å². The summed E-state index contributed by atoms with van der Waals surface area (Å²) in [7, 11) is 3.99. The molecule has 0 aliphatic carbocycles. The highest BCUT2D eigenvalue weighted by molar-refractivity contribution is 5.83. The van der Waals surface area contributed by atoms with Crippen molar-refractivity contribution in [1.82, 2.24) is 14.8 Å². The Morgan fingerprint density at radius 3 is 2.80 bits per heavy atom. The zero-order valence-electron chi connectivity index (χ0n) is 12.0. The van der Waals surface area contributed by atoms with E-state index in [1.165, 1.54) is 16.5 Å². The van der Waals surface area contributed by atoms with E-state index in [4.69, 9.17) is 4.98 Å². The van der Waals surface area contributed by atoms with E-state index in [0.29, 0.717) is 0 Å². The van der Waals surface area contributed by atoms with Gasteiger partial charge in [-0.3, -0.25) is 4.68 Å². The van der Waals surface area contributed by atoms with Gasteiger partial charge in [-0.05, 0) is 24.6 Å². The van der Waals surface area contributed by atoms with Gasteiger partial charge in [0.15, 0.2) is 0 Å². The fraction of sp³-hybridized carbons (Fsp3) is 0.250. The number of fused-ring (bicyclic) bond motifs is 1. The average molecular weight is 266 g/mol. The van der Waals surface area contributed by atoms with Crippen LogP contribution in [0, 0.1) is 6.92 Å². The molecular formula is C16H18N4. The molecule has 0 aliphatic rings. The minimum Gasteiger partial charge on any atom is -0.355 e. The summed E-state index contributed by atoms with van der Waals surface area (Å²) in [5.41, 5.74) is 3.48. The minimum absolute atomic E-state index is 0.804. The number of rotatable bonds is 3. The van der Waals surface area contributed by atoms with E-state index in [-0.39, 0.29) is 0 Å². The van der Waals surface area contributed by atoms with Gasteiger partial charge in [-0.1, -0.05) is 18.2 Å². The number of nitrogens with zero attached hydrogens (tertiary/aromatic N) is 4. The highest BCUT2D eigenvalue weighted by Gasteiger charge is 2.08. The highest BCUT2D eigenvalue weighted by Crippen LogP contribution is 2.22. The van der Waals surface area contributed by atoms with Crippen molar-refractivity contribution in [3.63, 3.8) is 0 Å². The maximum atomic E-state index is 4.74. The first-order valence-electron chi connectivity index (χ1n) is 6.68. The third kappa shape index (κ3) is 2.37. The number of hydrogen-bond donors (Lipinski definition) is 0. The molecule has 3 rings (SSSR count). The molecule has 0 unspecified atom stereocenters. The molecule has 0 saturated carbocycles. The Labute approximate surface area is 118 Å². The van der Waals surface area contributed by atoms with Crippen LogP contribution >= 0.6 is 0 Å². The lowest BCUT2D eigenvalue weighted by Crippen LogP contribution is -2.17. The lowest BCUT2D eigenvalue weighted by atomic mass is 10.1. The van der Waals surface area contributed by atoms with Crippen LogP contribution in [-0.2, 0) is 13.6 Å². The molecule has 0 radical (unpaired) electrons. The quantitative estimate of drug-likeness (QED) is 0.731. The van der Waals surface area contributed by atoms with Crippen LogP contribution in [0.25, 0.3) is 10.9 Å². The first-order valence-corrected chi connectivity index (χ1v) is 6.68. The number of anilines is 1. The molecule has 2 heterocycles. The van der Waals surface area contributed by atoms with Crippen LogP contribution in [0.5, 0.6) is 0 Å². The molecule has 1 aromatic carbocycles. The fourth-order valence-corrected chi connectivity index (χ4v) is 2.44. The molecule has 20 heavy (non-hydrogen) atoms. The molecule has 4 heteroatoms. The number of para-hydroxylation sites is 1. The monoisotopic (exact) mass is 266 g/mol. The second-order valence-electron chi connectivity index (χ2n) is 5.19. The van der Waals surface area contributed by atoms with Gasteiger partial charge in [0.1, 0.15) is 5.82 Å². The fourth-order valence-electron chi connectivity index (χ4n) is 2.44. The van der Waals surface area contributed by atoms with Crippen molar-refractivity contribution in [3.8, 4) is 0 Å². The number of hydrogen-bond acceptors (Lipinski definition) is 3. The first kappa shape index (κ1) is 12.7. The summed E-state index contributed by atoms with van der Waals surface area (Å²) >= 11 is 0. The molecule has 0 saturated heterocycles. The van der Waals surface area contributed by atoms with Crippen LogP contribution in [0.15, 0.2) is 42.7 Å². The maximum absolute atomic E-state index is 4.74. The van der Waals surface area contributed by atoms with Crippen LogP contribution < -0.4 is 4.90 Å². The topological polar surface area (TPSA) is 34.0 Å². The molecule has 2 aromatic heterocycles. The van der Waals surface area contributed by atoms with Gasteiger partial charge in [-0.15, -0.1) is 0 Å². The molecule has 0 amide bonds. The normalized spacial score (nSPS) is 10.9. The zero-order chi connectivity index (χ0) is 14.1. The van der Waals surface area contributed by atoms with Crippen molar-refractivity contribution in [3.05, 3.63) is 53.9 Å². The second kappa shape index (κ2) is 4.96. The van der Waals surface area contributed by atoms with E-state index in [0.717, 1.165) is 17.9 Å². The molecule has 4 nitrogen and oxygen atoms in total. The molecule has 0 N–H and O–H groups in total. The molecule has 0 atom stereocenters. The SMILES string of the molecule is Cc1cc(N(C)Cc2cnn(C)c2)nc2ccccc12. The zero-order valence-corrected chi connectivity index (χ0v) is 12.0. The predicted molar refractivity (Wildman–Crippen MR) is 81.8 cm³/mol. The molecule has 102 valence electrons. The largest absolute Gasteiger partial charge is 0.355 e. The van der Waals surface area contributed by atoms with Gasteiger partial charge in [-0.25, -0.2) is 4.98 Å². The summed E-state index contributed by atoms with van der Waals surface area (Å²) in [5.74, 6) is 0.991. The van der Waals surface area contributed by atoms with Crippen molar-refractivity contribution in [2.45, 2.75) is 13.5 Å². The van der Waals surface area contributed by atoms with Gasteiger partial charge in [-0.2, -0.15) is 5.10 Å². The summed E-state index contributed by atoms with van der Waals surface area (Å²) in [4.78, 5) is 6.89. The van der Waals surface area contributed by atoms with E-state index in [9.17, 15) is 0 Å². The third-order valence-electron chi connectivity index (χ3n) is 3.48. The Hall–Kier alpha value is -2.36. The second-order valence-corrected chi connectivity index (χ2v) is 5.19. The molecule has 0 spiro atoms. The predicted octanol–water partition coefficient (Wildman–Crippen LogP) is 2.91. The summed E-state index contributed by atoms with van der Waals surface area (Å²) in [5, 5.41) is 5.41. The van der Waals surface area contributed by atoms with Crippen molar-refractivity contribution in [2.24, 2.45) is 7.05 Å². The Bertz CT molecular complexity index is 745. The average Bonchev–Trinajstić information content (AvgIpc) is 2.84. The first-order chi connectivity index (χ1) is 9.63. The van der Waals surface area contributed by atoms with Crippen LogP contribution in [-0.4, -0.2) is 21.8 Å². The Kier molecular flexibility index (Phi) is 3.14. The molecule has 0 fully saturated rings. The van der Waals surface area contributed by atoms with Gasteiger partial charge in [0.25, 0.3) is 0 Å². The van der Waals surface area contributed by atoms with E-state index in [1.54, 1.807) is 0 Å². The van der Waals surface area contributed by atoms with Crippen LogP contribution in [0.2, 0.25) is 0 Å². The number of benzene rings is 1. The maximum Gasteiger partial charge on any atom is 0.129 e. The molecule has 3 aromatic rings. The summed E-state index contributed by atoms with van der Waals surface area (Å²) in [6.45, 7) is 2.93. The van der Waals surface area contributed by atoms with Gasteiger partial charge >= 0.3 is 0 Å². The number of aromatic nitrogens is 3. The smallest absolute Gasteiger partial charge is 0.129 e. The standard InChI is InChI=1S/C16H18N4/c1-12-8-16(18-15-7-5-4-6-14(12)15)19(2)10-13-9-17-20(3)11-13/h4-9,11H,10H2,1-3H3. The molecular weight excluding hydrogens is 248 g/mol. The van der Waals surface area contributed by atoms with Crippen LogP contribution in [0.3, 0.4) is 0 Å². The van der Waals surface area contributed by atoms with Gasteiger partial charge < -0.3 is 4.90 Å². The third-order valence-corrected chi connectivity index (χ3v) is 3.48. The van der Waals surface area contributed by atoms with Crippen LogP contribution in [0.4, 0.5) is 5.82 Å². The summed E-state index contributed by atoms with van der Waals surface area (Å²) in [6, 6.07) is 10.4. The lowest BCUT2D eigenvalue weighted by molar-refractivity contribution is 0.766. The van der Waals surface area contributed by atoms with Crippen molar-refractivity contribution in [2.75, 3.05) is 11.9 Å². The van der Waals surface area contributed by atoms with Gasteiger partial charge in [0.05, 0.1) is 11.7 Å². The van der Waals surface area contributed by atoms with Crippen molar-refractivity contribution in [1.29, 1.82) is 0 Å². The summed E-state index contributed by atoms with van der Waals surface area (Å²) in [6.07, 6.45) is 3.93. The van der Waals surface area contributed by atoms with Crippen molar-refractivity contribution < 1.29 is 0 Å². The van der Waals surface area contributed by atoms with E-state index < -0.39 is 0 Å². The van der Waals surface area contributed by atoms with Crippen molar-refractivity contribution >= 4 is 16.7 Å². The Balaban J connectivity index is 1.93. The number of pyridine rings is 1. The summed E-state index contributed by atoms with van der Waals surface area (Å²) < 4.78 is 1.82. The number of aryl methyl sites for hydroxylation is 2. The van der Waals surface area contributed by atoms with E-state index in [1.807, 2.05) is 30.2 Å². The molecule has 0 aliphatic heterocycles. The van der Waals surface area contributed by atoms with Gasteiger partial charge in [0, 0.05) is 37.8 Å². The Morgan fingerprint density at radius 1 is 1.25 bits per heavy atom. The lowest BCUT2D eigenvalue weighted by Gasteiger charge is -2.18. The van der Waals surface area contributed by atoms with Gasteiger partial charge in [0.2, 0.25) is 0 Å².